The summed E-state index contributed by atoms with van der Waals surface area (Å²) in [5, 5.41) is 6.38. The maximum atomic E-state index is 12.0. The van der Waals surface area contributed by atoms with E-state index in [2.05, 4.69) is 24.5 Å². The van der Waals surface area contributed by atoms with Gasteiger partial charge in [-0.3, -0.25) is 0 Å². The fraction of sp³-hybridized carbons (Fsp3) is 0.533. The van der Waals surface area contributed by atoms with Crippen LogP contribution in [0.5, 0.6) is 0 Å². The zero-order valence-corrected chi connectivity index (χ0v) is 12.2. The fourth-order valence-electron chi connectivity index (χ4n) is 2.35. The van der Waals surface area contributed by atoms with Crippen molar-refractivity contribution in [1.82, 2.24) is 5.32 Å². The highest BCUT2D eigenvalue weighted by Gasteiger charge is 2.40. The van der Waals surface area contributed by atoms with Crippen molar-refractivity contribution in [2.24, 2.45) is 0 Å². The molecular weight excluding hydrogens is 240 g/mol. The van der Waals surface area contributed by atoms with Crippen molar-refractivity contribution in [3.63, 3.8) is 0 Å². The van der Waals surface area contributed by atoms with E-state index in [1.165, 1.54) is 0 Å². The van der Waals surface area contributed by atoms with Crippen LogP contribution in [0.4, 0.5) is 10.5 Å². The van der Waals surface area contributed by atoms with Gasteiger partial charge >= 0.3 is 6.09 Å². The molecule has 1 aromatic rings. The number of anilines is 1. The second kappa shape index (κ2) is 4.44. The molecule has 4 heteroatoms. The molecule has 0 saturated carbocycles. The van der Waals surface area contributed by atoms with Gasteiger partial charge in [-0.15, -0.1) is 0 Å². The molecule has 1 aromatic carbocycles. The molecule has 0 radical (unpaired) electrons. The van der Waals surface area contributed by atoms with Gasteiger partial charge in [-0.05, 0) is 40.7 Å². The Hall–Kier alpha value is -1.71. The Morgan fingerprint density at radius 3 is 2.58 bits per heavy atom. The summed E-state index contributed by atoms with van der Waals surface area (Å²) in [4.78, 5) is 12.0. The molecule has 104 valence electrons. The Labute approximate surface area is 114 Å². The molecule has 4 nitrogen and oxygen atoms in total. The van der Waals surface area contributed by atoms with Crippen molar-refractivity contribution in [1.29, 1.82) is 0 Å². The molecule has 1 atom stereocenters. The van der Waals surface area contributed by atoms with Gasteiger partial charge < -0.3 is 15.4 Å². The summed E-state index contributed by atoms with van der Waals surface area (Å²) in [6, 6.07) is 7.91. The summed E-state index contributed by atoms with van der Waals surface area (Å²) in [6.07, 6.45) is -0.385. The van der Waals surface area contributed by atoms with Gasteiger partial charge in [0.2, 0.25) is 0 Å². The minimum atomic E-state index is -0.486. The molecule has 2 rings (SSSR count). The van der Waals surface area contributed by atoms with Crippen LogP contribution < -0.4 is 10.6 Å². The maximum Gasteiger partial charge on any atom is 0.408 e. The second-order valence-corrected chi connectivity index (χ2v) is 6.51. The molecular formula is C15H22N2O2. The highest BCUT2D eigenvalue weighted by atomic mass is 16.6. The number of carbonyl (C=O) groups is 1. The van der Waals surface area contributed by atoms with Crippen molar-refractivity contribution in [3.8, 4) is 0 Å². The third kappa shape index (κ3) is 3.00. The van der Waals surface area contributed by atoms with Gasteiger partial charge in [-0.25, -0.2) is 4.79 Å². The lowest BCUT2D eigenvalue weighted by atomic mass is 9.93. The number of hydrogen-bond donors (Lipinski definition) is 2. The first kappa shape index (κ1) is 13.7. The minimum absolute atomic E-state index is 0.0986. The van der Waals surface area contributed by atoms with E-state index in [1.807, 2.05) is 45.0 Å². The number of para-hydroxylation sites is 1. The number of ether oxygens (including phenoxy) is 1. The van der Waals surface area contributed by atoms with Crippen LogP contribution in [0.1, 0.15) is 46.2 Å². The lowest BCUT2D eigenvalue weighted by Gasteiger charge is -2.30. The smallest absolute Gasteiger partial charge is 0.408 e. The van der Waals surface area contributed by atoms with E-state index in [0.717, 1.165) is 11.3 Å². The summed E-state index contributed by atoms with van der Waals surface area (Å²) in [5.41, 5.74) is 1.44. The molecule has 1 amide bonds. The highest BCUT2D eigenvalue weighted by molar-refractivity contribution is 5.71. The first-order chi connectivity index (χ1) is 8.69. The molecule has 0 aliphatic carbocycles. The van der Waals surface area contributed by atoms with E-state index in [4.69, 9.17) is 4.74 Å². The van der Waals surface area contributed by atoms with E-state index in [0.29, 0.717) is 0 Å². The number of amides is 1. The van der Waals surface area contributed by atoms with Crippen LogP contribution in [-0.2, 0) is 4.74 Å². The predicted octanol–water partition coefficient (Wildman–Crippen LogP) is 3.46. The lowest BCUT2D eigenvalue weighted by molar-refractivity contribution is 0.0489. The van der Waals surface area contributed by atoms with Gasteiger partial charge in [-0.1, -0.05) is 18.2 Å². The number of benzene rings is 1. The van der Waals surface area contributed by atoms with Crippen LogP contribution in [0.15, 0.2) is 24.3 Å². The van der Waals surface area contributed by atoms with Crippen molar-refractivity contribution in [2.45, 2.75) is 51.8 Å². The molecule has 0 saturated heterocycles. The third-order valence-electron chi connectivity index (χ3n) is 3.11. The minimum Gasteiger partial charge on any atom is -0.444 e. The largest absolute Gasteiger partial charge is 0.444 e. The molecule has 19 heavy (non-hydrogen) atoms. The zero-order chi connectivity index (χ0) is 14.3. The van der Waals surface area contributed by atoms with Crippen LogP contribution in [-0.4, -0.2) is 17.2 Å². The van der Waals surface area contributed by atoms with Gasteiger partial charge in [0.05, 0.1) is 11.6 Å². The second-order valence-electron chi connectivity index (χ2n) is 6.51. The Bertz CT molecular complexity index is 489. The molecule has 1 aliphatic rings. The number of carbonyl (C=O) groups excluding carboxylic acids is 1. The lowest BCUT2D eigenvalue weighted by Crippen LogP contribution is -2.44. The maximum absolute atomic E-state index is 12.0. The average molecular weight is 262 g/mol. The van der Waals surface area contributed by atoms with Crippen LogP contribution in [0.2, 0.25) is 0 Å². The molecule has 0 aromatic heterocycles. The Morgan fingerprint density at radius 1 is 1.32 bits per heavy atom. The quantitative estimate of drug-likeness (QED) is 0.815. The van der Waals surface area contributed by atoms with Crippen molar-refractivity contribution < 1.29 is 9.53 Å². The summed E-state index contributed by atoms with van der Waals surface area (Å²) in [6.45, 7) is 9.71. The van der Waals surface area contributed by atoms with Crippen LogP contribution in [0, 0.1) is 0 Å². The Morgan fingerprint density at radius 2 is 1.95 bits per heavy atom. The molecule has 2 N–H and O–H groups in total. The Kier molecular flexibility index (Phi) is 3.20. The van der Waals surface area contributed by atoms with Crippen molar-refractivity contribution in [3.05, 3.63) is 29.8 Å². The molecule has 0 spiro atoms. The van der Waals surface area contributed by atoms with Crippen molar-refractivity contribution in [2.75, 3.05) is 5.32 Å². The first-order valence-corrected chi connectivity index (χ1v) is 6.56. The number of nitrogens with one attached hydrogen (secondary N) is 2. The number of alkyl carbamates (subject to hydrolysis) is 1. The van der Waals surface area contributed by atoms with Crippen LogP contribution in [0.3, 0.4) is 0 Å². The van der Waals surface area contributed by atoms with E-state index < -0.39 is 5.60 Å². The van der Waals surface area contributed by atoms with Crippen LogP contribution >= 0.6 is 0 Å². The van der Waals surface area contributed by atoms with E-state index in [1.54, 1.807) is 0 Å². The molecule has 0 bridgehead atoms. The van der Waals surface area contributed by atoms with Gasteiger partial charge in [0.1, 0.15) is 5.60 Å². The number of fused-ring (bicyclic) bond motifs is 1. The monoisotopic (exact) mass is 262 g/mol. The normalized spacial score (nSPS) is 20.4. The number of hydrogen-bond acceptors (Lipinski definition) is 3. The third-order valence-corrected chi connectivity index (χ3v) is 3.11. The number of rotatable bonds is 1. The highest BCUT2D eigenvalue weighted by Crippen LogP contribution is 2.40. The summed E-state index contributed by atoms with van der Waals surface area (Å²) in [5.74, 6) is 0. The molecule has 0 unspecified atom stereocenters. The summed E-state index contributed by atoms with van der Waals surface area (Å²) >= 11 is 0. The average Bonchev–Trinajstić information content (AvgIpc) is 2.47. The summed E-state index contributed by atoms with van der Waals surface area (Å²) in [7, 11) is 0. The first-order valence-electron chi connectivity index (χ1n) is 6.56. The van der Waals surface area contributed by atoms with E-state index in [9.17, 15) is 4.79 Å². The zero-order valence-electron chi connectivity index (χ0n) is 12.2. The fourth-order valence-corrected chi connectivity index (χ4v) is 2.35. The van der Waals surface area contributed by atoms with Crippen LogP contribution in [0.25, 0.3) is 0 Å². The molecule has 1 aliphatic heterocycles. The summed E-state index contributed by atoms with van der Waals surface area (Å²) < 4.78 is 5.33. The SMILES string of the molecule is CC(C)(C)OC(=O)N[C@H]1c2ccccc2NC1(C)C. The standard InChI is InChI=1S/C15H22N2O2/c1-14(2,3)19-13(18)16-12-10-8-6-7-9-11(10)17-15(12,4)5/h6-9,12,17H,1-5H3,(H,16,18)/t12-/m0/s1. The van der Waals surface area contributed by atoms with Gasteiger partial charge in [0.25, 0.3) is 0 Å². The van der Waals surface area contributed by atoms with Gasteiger partial charge in [0, 0.05) is 11.3 Å². The van der Waals surface area contributed by atoms with E-state index >= 15 is 0 Å². The van der Waals surface area contributed by atoms with Crippen molar-refractivity contribution >= 4 is 11.8 Å². The van der Waals surface area contributed by atoms with Gasteiger partial charge in [0.15, 0.2) is 0 Å². The Balaban J connectivity index is 2.17. The topological polar surface area (TPSA) is 50.4 Å². The van der Waals surface area contributed by atoms with Gasteiger partial charge in [-0.2, -0.15) is 0 Å². The predicted molar refractivity (Wildman–Crippen MR) is 76.3 cm³/mol. The van der Waals surface area contributed by atoms with E-state index in [-0.39, 0.29) is 17.7 Å². The molecule has 0 fully saturated rings. The molecule has 1 heterocycles.